The van der Waals surface area contributed by atoms with Gasteiger partial charge in [0.1, 0.15) is 0 Å². The molecule has 0 amide bonds. The first-order valence-corrected chi connectivity index (χ1v) is 10.9. The zero-order valence-electron chi connectivity index (χ0n) is 16.4. The number of hydrogen-bond acceptors (Lipinski definition) is 6. The van der Waals surface area contributed by atoms with Gasteiger partial charge >= 0.3 is 5.97 Å². The molecule has 0 unspecified atom stereocenters. The van der Waals surface area contributed by atoms with Crippen molar-refractivity contribution in [3.63, 3.8) is 0 Å². The van der Waals surface area contributed by atoms with Gasteiger partial charge in [0.2, 0.25) is 0 Å². The van der Waals surface area contributed by atoms with Crippen molar-refractivity contribution >= 4 is 27.4 Å². The third kappa shape index (κ3) is 5.28. The standard InChI is InChI=1S/C20H20F2N4O4S/c21-16-4-3-15(13-17(16)22)31(29,30)24-18-12-14(20(27)28)2-5-19(18)26-10-8-25(9-11-26)7-1-6-23/h2-5,12-13,24H,1,7-11H2,(H,27,28). The Balaban J connectivity index is 1.90. The van der Waals surface area contributed by atoms with Gasteiger partial charge in [-0.15, -0.1) is 0 Å². The predicted octanol–water partition coefficient (Wildman–Crippen LogP) is 2.50. The molecule has 0 saturated carbocycles. The molecule has 2 aromatic rings. The lowest BCUT2D eigenvalue weighted by Crippen LogP contribution is -2.46. The van der Waals surface area contributed by atoms with Gasteiger partial charge in [-0.25, -0.2) is 22.0 Å². The van der Waals surface area contributed by atoms with E-state index in [0.717, 1.165) is 6.07 Å². The van der Waals surface area contributed by atoms with Crippen LogP contribution in [0.5, 0.6) is 0 Å². The first-order chi connectivity index (χ1) is 14.7. The van der Waals surface area contributed by atoms with Crippen LogP contribution in [0.2, 0.25) is 0 Å². The third-order valence-electron chi connectivity index (χ3n) is 4.94. The number of rotatable bonds is 7. The molecule has 8 nitrogen and oxygen atoms in total. The Bertz CT molecular complexity index is 1130. The second-order valence-electron chi connectivity index (χ2n) is 6.96. The molecule has 0 spiro atoms. The second kappa shape index (κ2) is 9.28. The number of nitrogens with zero attached hydrogens (tertiary/aromatic N) is 3. The lowest BCUT2D eigenvalue weighted by Gasteiger charge is -2.36. The molecule has 1 saturated heterocycles. The van der Waals surface area contributed by atoms with Gasteiger partial charge in [-0.2, -0.15) is 5.26 Å². The molecule has 1 heterocycles. The summed E-state index contributed by atoms with van der Waals surface area (Å²) in [5, 5.41) is 18.0. The smallest absolute Gasteiger partial charge is 0.335 e. The van der Waals surface area contributed by atoms with E-state index in [-0.39, 0.29) is 11.3 Å². The number of carbonyl (C=O) groups is 1. The van der Waals surface area contributed by atoms with Crippen molar-refractivity contribution < 1.29 is 27.1 Å². The van der Waals surface area contributed by atoms with Gasteiger partial charge in [-0.3, -0.25) is 9.62 Å². The average molecular weight is 450 g/mol. The molecule has 31 heavy (non-hydrogen) atoms. The van der Waals surface area contributed by atoms with Gasteiger partial charge < -0.3 is 10.0 Å². The maximum Gasteiger partial charge on any atom is 0.335 e. The van der Waals surface area contributed by atoms with Crippen LogP contribution in [0, 0.1) is 23.0 Å². The molecule has 0 atom stereocenters. The van der Waals surface area contributed by atoms with Crippen LogP contribution in [0.3, 0.4) is 0 Å². The molecule has 0 radical (unpaired) electrons. The average Bonchev–Trinajstić information content (AvgIpc) is 2.74. The number of carboxylic acids is 1. The number of anilines is 2. The number of benzene rings is 2. The van der Waals surface area contributed by atoms with Crippen molar-refractivity contribution in [3.8, 4) is 6.07 Å². The number of halogens is 2. The van der Waals surface area contributed by atoms with Crippen LogP contribution >= 0.6 is 0 Å². The molecule has 1 aliphatic rings. The van der Waals surface area contributed by atoms with Crippen molar-refractivity contribution in [2.24, 2.45) is 0 Å². The monoisotopic (exact) mass is 450 g/mol. The van der Waals surface area contributed by atoms with Gasteiger partial charge in [0.15, 0.2) is 11.6 Å². The molecule has 164 valence electrons. The van der Waals surface area contributed by atoms with Crippen molar-refractivity contribution in [1.82, 2.24) is 4.90 Å². The fourth-order valence-corrected chi connectivity index (χ4v) is 4.37. The Morgan fingerprint density at radius 2 is 1.81 bits per heavy atom. The number of nitrogens with one attached hydrogen (secondary N) is 1. The van der Waals surface area contributed by atoms with Crippen LogP contribution in [-0.2, 0) is 10.0 Å². The molecule has 2 N–H and O–H groups in total. The summed E-state index contributed by atoms with van der Waals surface area (Å²) in [6.07, 6.45) is 0.409. The van der Waals surface area contributed by atoms with Crippen molar-refractivity contribution in [2.75, 3.05) is 42.3 Å². The number of sulfonamides is 1. The Hall–Kier alpha value is -3.23. The largest absolute Gasteiger partial charge is 0.478 e. The first-order valence-electron chi connectivity index (χ1n) is 9.41. The van der Waals surface area contributed by atoms with E-state index in [1.807, 2.05) is 4.90 Å². The molecule has 11 heteroatoms. The SMILES string of the molecule is N#CCCN1CCN(c2ccc(C(=O)O)cc2NS(=O)(=O)c2ccc(F)c(F)c2)CC1. The number of hydrogen-bond donors (Lipinski definition) is 2. The zero-order chi connectivity index (χ0) is 22.6. The molecule has 1 aliphatic heterocycles. The summed E-state index contributed by atoms with van der Waals surface area (Å²) in [6, 6.07) is 8.36. The molecule has 0 aromatic heterocycles. The summed E-state index contributed by atoms with van der Waals surface area (Å²) >= 11 is 0. The van der Waals surface area contributed by atoms with Gasteiger partial charge in [-0.1, -0.05) is 0 Å². The van der Waals surface area contributed by atoms with E-state index in [1.54, 1.807) is 0 Å². The third-order valence-corrected chi connectivity index (χ3v) is 6.31. The summed E-state index contributed by atoms with van der Waals surface area (Å²) in [7, 11) is -4.30. The number of carboxylic acid groups (broad SMARTS) is 1. The Kier molecular flexibility index (Phi) is 6.72. The van der Waals surface area contributed by atoms with E-state index in [0.29, 0.717) is 57.0 Å². The summed E-state index contributed by atoms with van der Waals surface area (Å²) in [5.74, 6) is -3.72. The lowest BCUT2D eigenvalue weighted by atomic mass is 10.1. The molecule has 0 aliphatic carbocycles. The fraction of sp³-hybridized carbons (Fsp3) is 0.300. The van der Waals surface area contributed by atoms with E-state index >= 15 is 0 Å². The zero-order valence-corrected chi connectivity index (χ0v) is 17.2. The summed E-state index contributed by atoms with van der Waals surface area (Å²) in [6.45, 7) is 3.02. The molecule has 1 fully saturated rings. The summed E-state index contributed by atoms with van der Waals surface area (Å²) in [5.41, 5.74) is 0.366. The lowest BCUT2D eigenvalue weighted by molar-refractivity contribution is 0.0697. The van der Waals surface area contributed by atoms with Crippen LogP contribution in [0.15, 0.2) is 41.3 Å². The maximum atomic E-state index is 13.5. The fourth-order valence-electron chi connectivity index (χ4n) is 3.29. The topological polar surface area (TPSA) is 114 Å². The van der Waals surface area contributed by atoms with Gasteiger partial charge in [0.05, 0.1) is 27.9 Å². The van der Waals surface area contributed by atoms with E-state index in [1.165, 1.54) is 18.2 Å². The van der Waals surface area contributed by atoms with Gasteiger partial charge in [-0.05, 0) is 36.4 Å². The minimum absolute atomic E-state index is 0.0232. The van der Waals surface area contributed by atoms with Crippen molar-refractivity contribution in [1.29, 1.82) is 5.26 Å². The predicted molar refractivity (Wildman–Crippen MR) is 109 cm³/mol. The highest BCUT2D eigenvalue weighted by atomic mass is 32.2. The van der Waals surface area contributed by atoms with Crippen LogP contribution in [0.1, 0.15) is 16.8 Å². The highest BCUT2D eigenvalue weighted by Crippen LogP contribution is 2.31. The Morgan fingerprint density at radius 1 is 1.10 bits per heavy atom. The van der Waals surface area contributed by atoms with Gasteiger partial charge in [0.25, 0.3) is 10.0 Å². The van der Waals surface area contributed by atoms with Crippen molar-refractivity contribution in [3.05, 3.63) is 53.6 Å². The molecule has 0 bridgehead atoms. The molecular weight excluding hydrogens is 430 g/mol. The first kappa shape index (κ1) is 22.5. The van der Waals surface area contributed by atoms with E-state index in [2.05, 4.69) is 15.7 Å². The van der Waals surface area contributed by atoms with Crippen LogP contribution < -0.4 is 9.62 Å². The number of nitriles is 1. The van der Waals surface area contributed by atoms with E-state index in [4.69, 9.17) is 5.26 Å². The molecular formula is C20H20F2N4O4S. The summed E-state index contributed by atoms with van der Waals surface area (Å²) < 4.78 is 54.5. The summed E-state index contributed by atoms with van der Waals surface area (Å²) in [4.78, 5) is 14.9. The minimum Gasteiger partial charge on any atom is -0.478 e. The minimum atomic E-state index is -4.30. The van der Waals surface area contributed by atoms with Gasteiger partial charge in [0, 0.05) is 39.1 Å². The second-order valence-corrected chi connectivity index (χ2v) is 8.64. The van der Waals surface area contributed by atoms with E-state index < -0.39 is 32.5 Å². The van der Waals surface area contributed by atoms with Crippen LogP contribution in [-0.4, -0.2) is 57.1 Å². The maximum absolute atomic E-state index is 13.5. The number of aromatic carboxylic acids is 1. The van der Waals surface area contributed by atoms with Crippen molar-refractivity contribution in [2.45, 2.75) is 11.3 Å². The highest BCUT2D eigenvalue weighted by molar-refractivity contribution is 7.92. The quantitative estimate of drug-likeness (QED) is 0.666. The molecule has 3 rings (SSSR count). The van der Waals surface area contributed by atoms with E-state index in [9.17, 15) is 27.1 Å². The Morgan fingerprint density at radius 3 is 2.42 bits per heavy atom. The Labute approximate surface area is 178 Å². The van der Waals surface area contributed by atoms with Crippen LogP contribution in [0.25, 0.3) is 0 Å². The number of piperazine rings is 1. The highest BCUT2D eigenvalue weighted by Gasteiger charge is 2.24. The van der Waals surface area contributed by atoms with Crippen LogP contribution in [0.4, 0.5) is 20.2 Å². The molecule has 2 aromatic carbocycles. The normalized spacial score (nSPS) is 14.8.